The Morgan fingerprint density at radius 2 is 1.88 bits per heavy atom. The molecule has 0 spiro atoms. The van der Waals surface area contributed by atoms with E-state index in [1.165, 1.54) is 5.56 Å². The van der Waals surface area contributed by atoms with E-state index in [9.17, 15) is 5.11 Å². The summed E-state index contributed by atoms with van der Waals surface area (Å²) >= 11 is 0. The third kappa shape index (κ3) is 5.75. The van der Waals surface area contributed by atoms with Gasteiger partial charge in [0.15, 0.2) is 6.23 Å². The number of nitrogens with one attached hydrogen (secondary N) is 2. The number of piperazine rings is 1. The minimum atomic E-state index is -0.826. The largest absolute Gasteiger partial charge is 0.373 e. The van der Waals surface area contributed by atoms with E-state index in [4.69, 9.17) is 0 Å². The zero-order valence-corrected chi connectivity index (χ0v) is 20.2. The van der Waals surface area contributed by atoms with Crippen molar-refractivity contribution in [2.75, 3.05) is 43.1 Å². The molecule has 0 aliphatic carbocycles. The molecule has 180 valence electrons. The first kappa shape index (κ1) is 23.8. The zero-order valence-electron chi connectivity index (χ0n) is 20.2. The lowest BCUT2D eigenvalue weighted by molar-refractivity contribution is 0.208. The Hall–Kier alpha value is -3.39. The van der Waals surface area contributed by atoms with Gasteiger partial charge in [-0.05, 0) is 35.9 Å². The molecule has 2 unspecified atom stereocenters. The van der Waals surface area contributed by atoms with E-state index in [0.29, 0.717) is 12.6 Å². The van der Waals surface area contributed by atoms with Crippen LogP contribution in [0.25, 0.3) is 0 Å². The Morgan fingerprint density at radius 3 is 2.62 bits per heavy atom. The SMILES string of the molecule is CC1/C=C\NC/N=C\N=C1N1CCN(c2cc(C(C)C)ccc2NC(O)c2cccnc2)CC1. The monoisotopic (exact) mass is 461 g/mol. The third-order valence-electron chi connectivity index (χ3n) is 6.29. The topological polar surface area (TPSA) is 88.4 Å². The predicted octanol–water partition coefficient (Wildman–Crippen LogP) is 3.57. The molecule has 2 aromatic rings. The van der Waals surface area contributed by atoms with Gasteiger partial charge in [0.2, 0.25) is 0 Å². The summed E-state index contributed by atoms with van der Waals surface area (Å²) < 4.78 is 0. The van der Waals surface area contributed by atoms with E-state index in [2.05, 4.69) is 80.4 Å². The smallest absolute Gasteiger partial charge is 0.152 e. The standard InChI is InChI=1S/C26H35N7O/c1-19(2)21-6-7-23(31-26(34)22-5-4-9-27-16-22)24(15-21)32-11-13-33(14-12-32)25-20(3)8-10-28-17-29-18-30-25/h4-10,15-16,18-20,26,28,31,34H,11-14,17H2,1-3H3/b10-8-,29-18-,30-25?. The van der Waals surface area contributed by atoms with Gasteiger partial charge in [0.05, 0.1) is 11.4 Å². The van der Waals surface area contributed by atoms with E-state index < -0.39 is 6.23 Å². The quantitative estimate of drug-likeness (QED) is 0.590. The first-order chi connectivity index (χ1) is 16.5. The van der Waals surface area contributed by atoms with Crippen molar-refractivity contribution in [3.8, 4) is 0 Å². The van der Waals surface area contributed by atoms with Crippen LogP contribution in [0.3, 0.4) is 0 Å². The van der Waals surface area contributed by atoms with E-state index in [0.717, 1.165) is 49.0 Å². The van der Waals surface area contributed by atoms with Crippen molar-refractivity contribution in [1.82, 2.24) is 15.2 Å². The highest BCUT2D eigenvalue weighted by molar-refractivity contribution is 5.92. The highest BCUT2D eigenvalue weighted by Crippen LogP contribution is 2.33. The van der Waals surface area contributed by atoms with Crippen molar-refractivity contribution in [2.45, 2.75) is 32.9 Å². The maximum absolute atomic E-state index is 10.8. The molecule has 2 aliphatic rings. The summed E-state index contributed by atoms with van der Waals surface area (Å²) in [5.41, 5.74) is 4.05. The molecule has 34 heavy (non-hydrogen) atoms. The van der Waals surface area contributed by atoms with Gasteiger partial charge in [-0.2, -0.15) is 0 Å². The first-order valence-corrected chi connectivity index (χ1v) is 12.0. The highest BCUT2D eigenvalue weighted by Gasteiger charge is 2.25. The van der Waals surface area contributed by atoms with Gasteiger partial charge in [0, 0.05) is 50.1 Å². The number of amidine groups is 1. The van der Waals surface area contributed by atoms with Crippen LogP contribution in [0.15, 0.2) is 65.0 Å². The average Bonchev–Trinajstić information content (AvgIpc) is 2.96. The minimum absolute atomic E-state index is 0.208. The highest BCUT2D eigenvalue weighted by atomic mass is 16.3. The molecule has 1 fully saturated rings. The second-order valence-electron chi connectivity index (χ2n) is 9.03. The lowest BCUT2D eigenvalue weighted by Gasteiger charge is -2.39. The Labute approximate surface area is 202 Å². The van der Waals surface area contributed by atoms with Crippen LogP contribution in [0, 0.1) is 5.92 Å². The molecule has 0 radical (unpaired) electrons. The maximum atomic E-state index is 10.8. The van der Waals surface area contributed by atoms with Crippen molar-refractivity contribution in [1.29, 1.82) is 0 Å². The summed E-state index contributed by atoms with van der Waals surface area (Å²) in [4.78, 5) is 17.8. The fourth-order valence-corrected chi connectivity index (χ4v) is 4.27. The van der Waals surface area contributed by atoms with Gasteiger partial charge in [-0.3, -0.25) is 9.98 Å². The molecule has 3 heterocycles. The molecule has 1 saturated heterocycles. The van der Waals surface area contributed by atoms with Crippen LogP contribution < -0.4 is 15.5 Å². The Kier molecular flexibility index (Phi) is 7.80. The van der Waals surface area contributed by atoms with E-state index in [-0.39, 0.29) is 5.92 Å². The van der Waals surface area contributed by atoms with Gasteiger partial charge in [-0.1, -0.05) is 39.0 Å². The number of rotatable bonds is 5. The van der Waals surface area contributed by atoms with Crippen molar-refractivity contribution in [3.05, 3.63) is 66.1 Å². The number of pyridine rings is 1. The zero-order chi connectivity index (χ0) is 23.9. The molecule has 0 saturated carbocycles. The van der Waals surface area contributed by atoms with Gasteiger partial charge < -0.3 is 25.5 Å². The third-order valence-corrected chi connectivity index (χ3v) is 6.29. The van der Waals surface area contributed by atoms with Gasteiger partial charge in [-0.25, -0.2) is 4.99 Å². The fourth-order valence-electron chi connectivity index (χ4n) is 4.27. The number of nitrogens with zero attached hydrogens (tertiary/aromatic N) is 5. The van der Waals surface area contributed by atoms with Crippen LogP contribution in [0.5, 0.6) is 0 Å². The molecule has 4 rings (SSSR count). The summed E-state index contributed by atoms with van der Waals surface area (Å²) in [6, 6.07) is 10.2. The molecule has 8 heteroatoms. The summed E-state index contributed by atoms with van der Waals surface area (Å²) in [5.74, 6) is 1.68. The van der Waals surface area contributed by atoms with Gasteiger partial charge in [-0.15, -0.1) is 0 Å². The molecule has 1 aromatic carbocycles. The number of hydrogen-bond donors (Lipinski definition) is 3. The summed E-state index contributed by atoms with van der Waals surface area (Å²) in [6.45, 7) is 10.6. The van der Waals surface area contributed by atoms with E-state index >= 15 is 0 Å². The summed E-state index contributed by atoms with van der Waals surface area (Å²) in [5, 5.41) is 17.2. The molecule has 0 amide bonds. The lowest BCUT2D eigenvalue weighted by Crippen LogP contribution is -2.50. The molecule has 2 aliphatic heterocycles. The number of anilines is 2. The van der Waals surface area contributed by atoms with Crippen molar-refractivity contribution in [3.63, 3.8) is 0 Å². The number of aromatic nitrogens is 1. The van der Waals surface area contributed by atoms with Crippen LogP contribution in [0.4, 0.5) is 11.4 Å². The van der Waals surface area contributed by atoms with Crippen LogP contribution in [0.2, 0.25) is 0 Å². The number of benzene rings is 1. The average molecular weight is 462 g/mol. The predicted molar refractivity (Wildman–Crippen MR) is 139 cm³/mol. The molecule has 0 bridgehead atoms. The van der Waals surface area contributed by atoms with Crippen LogP contribution in [-0.2, 0) is 0 Å². The Bertz CT molecular complexity index is 1030. The number of aliphatic hydroxyl groups is 1. The molecular weight excluding hydrogens is 426 g/mol. The van der Waals surface area contributed by atoms with Gasteiger partial charge in [0.1, 0.15) is 18.8 Å². The summed E-state index contributed by atoms with van der Waals surface area (Å²) in [6.07, 6.45) is 8.32. The molecular formula is C26H35N7O. The fraction of sp³-hybridized carbons (Fsp3) is 0.423. The van der Waals surface area contributed by atoms with Crippen LogP contribution in [-0.4, -0.2) is 60.0 Å². The van der Waals surface area contributed by atoms with E-state index in [1.807, 2.05) is 18.3 Å². The molecule has 1 aromatic heterocycles. The molecule has 3 N–H and O–H groups in total. The number of hydrogen-bond acceptors (Lipinski definition) is 8. The van der Waals surface area contributed by atoms with E-state index in [1.54, 1.807) is 18.7 Å². The van der Waals surface area contributed by atoms with Crippen molar-refractivity contribution >= 4 is 23.5 Å². The minimum Gasteiger partial charge on any atom is -0.373 e. The normalized spacial score (nSPS) is 21.6. The van der Waals surface area contributed by atoms with Crippen molar-refractivity contribution in [2.24, 2.45) is 15.9 Å². The summed E-state index contributed by atoms with van der Waals surface area (Å²) in [7, 11) is 0. The van der Waals surface area contributed by atoms with Gasteiger partial charge in [0.25, 0.3) is 0 Å². The van der Waals surface area contributed by atoms with Crippen LogP contribution in [0.1, 0.15) is 44.0 Å². The maximum Gasteiger partial charge on any atom is 0.152 e. The number of aliphatic hydroxyl groups excluding tert-OH is 1. The second-order valence-corrected chi connectivity index (χ2v) is 9.03. The Balaban J connectivity index is 1.52. The molecule has 8 nitrogen and oxygen atoms in total. The lowest BCUT2D eigenvalue weighted by atomic mass is 10.0. The van der Waals surface area contributed by atoms with Crippen LogP contribution >= 0.6 is 0 Å². The van der Waals surface area contributed by atoms with Gasteiger partial charge >= 0.3 is 0 Å². The number of aliphatic imine (C=N–C) groups is 2. The second kappa shape index (κ2) is 11.2. The first-order valence-electron chi connectivity index (χ1n) is 12.0. The molecule has 2 atom stereocenters. The Morgan fingerprint density at radius 1 is 1.09 bits per heavy atom. The van der Waals surface area contributed by atoms with Crippen molar-refractivity contribution < 1.29 is 5.11 Å².